The molecule has 2 aromatic heterocycles. The lowest BCUT2D eigenvalue weighted by atomic mass is 10.1. The topological polar surface area (TPSA) is 64.7 Å². The molecule has 0 saturated carbocycles. The number of carbonyl (C=O) groups is 1. The summed E-state index contributed by atoms with van der Waals surface area (Å²) in [5, 5.41) is 12.8. The molecule has 0 saturated heterocycles. The van der Waals surface area contributed by atoms with Crippen molar-refractivity contribution in [3.05, 3.63) is 63.2 Å². The van der Waals surface area contributed by atoms with Crippen molar-refractivity contribution in [3.63, 3.8) is 0 Å². The number of aryl methyl sites for hydroxylation is 3. The fourth-order valence-electron chi connectivity index (χ4n) is 3.42. The summed E-state index contributed by atoms with van der Waals surface area (Å²) in [6.45, 7) is 12.8. The van der Waals surface area contributed by atoms with Gasteiger partial charge in [0.05, 0.1) is 52.5 Å². The molecule has 0 aliphatic heterocycles. The van der Waals surface area contributed by atoms with Crippen molar-refractivity contribution in [3.8, 4) is 0 Å². The Morgan fingerprint density at radius 2 is 1.69 bits per heavy atom. The highest BCUT2D eigenvalue weighted by molar-refractivity contribution is 6.31. The lowest BCUT2D eigenvalue weighted by Gasteiger charge is -2.14. The van der Waals surface area contributed by atoms with Crippen LogP contribution in [-0.2, 0) is 17.9 Å². The Kier molecular flexibility index (Phi) is 6.13. The van der Waals surface area contributed by atoms with Gasteiger partial charge in [-0.2, -0.15) is 10.2 Å². The van der Waals surface area contributed by atoms with Crippen molar-refractivity contribution < 1.29 is 4.79 Å². The molecule has 3 rings (SSSR count). The normalized spacial score (nSPS) is 12.2. The van der Waals surface area contributed by atoms with Gasteiger partial charge in [0.2, 0.25) is 5.91 Å². The Labute approximate surface area is 176 Å². The minimum absolute atomic E-state index is 0.0599. The number of carbonyl (C=O) groups excluding carboxylic acids is 1. The zero-order valence-corrected chi connectivity index (χ0v) is 18.6. The first-order chi connectivity index (χ1) is 13.7. The second-order valence-electron chi connectivity index (χ2n) is 7.69. The van der Waals surface area contributed by atoms with E-state index >= 15 is 0 Å². The van der Waals surface area contributed by atoms with Crippen LogP contribution in [0.3, 0.4) is 0 Å². The van der Waals surface area contributed by atoms with Crippen molar-refractivity contribution in [2.24, 2.45) is 5.92 Å². The van der Waals surface area contributed by atoms with Crippen molar-refractivity contribution in [1.29, 1.82) is 0 Å². The molecule has 29 heavy (non-hydrogen) atoms. The van der Waals surface area contributed by atoms with Gasteiger partial charge in [0.25, 0.3) is 0 Å². The first kappa shape index (κ1) is 21.1. The van der Waals surface area contributed by atoms with Crippen LogP contribution < -0.4 is 5.32 Å². The van der Waals surface area contributed by atoms with E-state index in [-0.39, 0.29) is 11.8 Å². The number of nitrogens with one attached hydrogen (secondary N) is 1. The third-order valence-electron chi connectivity index (χ3n) is 5.40. The molecular weight excluding hydrogens is 386 g/mol. The third kappa shape index (κ3) is 4.37. The molecule has 1 unspecified atom stereocenters. The highest BCUT2D eigenvalue weighted by Gasteiger charge is 2.21. The number of hydrogen-bond acceptors (Lipinski definition) is 3. The lowest BCUT2D eigenvalue weighted by molar-refractivity contribution is -0.119. The van der Waals surface area contributed by atoms with Crippen LogP contribution in [0.1, 0.15) is 40.8 Å². The summed E-state index contributed by atoms with van der Waals surface area (Å²) in [4.78, 5) is 12.8. The molecule has 0 bridgehead atoms. The molecule has 7 heteroatoms. The van der Waals surface area contributed by atoms with E-state index < -0.39 is 0 Å². The zero-order chi connectivity index (χ0) is 21.3. The number of anilines is 1. The molecule has 3 aromatic rings. The molecule has 6 nitrogen and oxygen atoms in total. The molecule has 0 spiro atoms. The number of hydrogen-bond donors (Lipinski definition) is 1. The molecule has 0 aliphatic carbocycles. The highest BCUT2D eigenvalue weighted by atomic mass is 35.5. The van der Waals surface area contributed by atoms with E-state index in [1.54, 1.807) is 4.68 Å². The number of halogens is 1. The molecule has 1 aromatic carbocycles. The van der Waals surface area contributed by atoms with Crippen LogP contribution in [-0.4, -0.2) is 25.5 Å². The van der Waals surface area contributed by atoms with Crippen LogP contribution in [0.5, 0.6) is 0 Å². The standard InChI is InChI=1S/C22H28ClN5O/c1-13-9-7-8-10-19(13)12-28-18(6)21(16(4)26-28)24-22(29)14(2)11-27-17(5)20(23)15(3)25-27/h7-10,14H,11-12H2,1-6H3,(H,24,29). The fraction of sp³-hybridized carbons (Fsp3) is 0.409. The van der Waals surface area contributed by atoms with E-state index in [4.69, 9.17) is 11.6 Å². The van der Waals surface area contributed by atoms with E-state index in [2.05, 4.69) is 34.6 Å². The van der Waals surface area contributed by atoms with E-state index in [0.29, 0.717) is 18.1 Å². The predicted molar refractivity (Wildman–Crippen MR) is 116 cm³/mol. The Balaban J connectivity index is 1.74. The summed E-state index contributed by atoms with van der Waals surface area (Å²) >= 11 is 6.22. The van der Waals surface area contributed by atoms with Gasteiger partial charge in [0.1, 0.15) is 0 Å². The summed E-state index contributed by atoms with van der Waals surface area (Å²) in [6, 6.07) is 8.26. The number of amides is 1. The zero-order valence-electron chi connectivity index (χ0n) is 17.9. The average Bonchev–Trinajstić information content (AvgIpc) is 3.08. The number of aromatic nitrogens is 4. The number of nitrogens with zero attached hydrogens (tertiary/aromatic N) is 4. The Bertz CT molecular complexity index is 1050. The molecule has 154 valence electrons. The number of rotatable bonds is 6. The largest absolute Gasteiger partial charge is 0.323 e. The van der Waals surface area contributed by atoms with Crippen molar-refractivity contribution in [2.45, 2.75) is 54.6 Å². The second-order valence-corrected chi connectivity index (χ2v) is 8.07. The summed E-state index contributed by atoms with van der Waals surface area (Å²) in [7, 11) is 0. The van der Waals surface area contributed by atoms with Crippen LogP contribution in [0.2, 0.25) is 5.02 Å². The van der Waals surface area contributed by atoms with Crippen LogP contribution in [0.15, 0.2) is 24.3 Å². The van der Waals surface area contributed by atoms with Crippen LogP contribution in [0, 0.1) is 40.5 Å². The molecule has 0 aliphatic rings. The molecular formula is C22H28ClN5O. The highest BCUT2D eigenvalue weighted by Crippen LogP contribution is 2.23. The number of benzene rings is 1. The summed E-state index contributed by atoms with van der Waals surface area (Å²) in [5.74, 6) is -0.321. The van der Waals surface area contributed by atoms with Crippen LogP contribution in [0.25, 0.3) is 0 Å². The van der Waals surface area contributed by atoms with Crippen molar-refractivity contribution in [1.82, 2.24) is 19.6 Å². The Hall–Kier alpha value is -2.60. The molecule has 1 amide bonds. The Morgan fingerprint density at radius 1 is 1.03 bits per heavy atom. The maximum Gasteiger partial charge on any atom is 0.229 e. The van der Waals surface area contributed by atoms with Crippen LogP contribution in [0.4, 0.5) is 5.69 Å². The Morgan fingerprint density at radius 3 is 2.31 bits per heavy atom. The summed E-state index contributed by atoms with van der Waals surface area (Å²) < 4.78 is 3.74. The molecule has 1 N–H and O–H groups in total. The van der Waals surface area contributed by atoms with Crippen molar-refractivity contribution in [2.75, 3.05) is 5.32 Å². The first-order valence-electron chi connectivity index (χ1n) is 9.78. The summed E-state index contributed by atoms with van der Waals surface area (Å²) in [5.41, 5.74) is 6.63. The maximum absolute atomic E-state index is 12.8. The van der Waals surface area contributed by atoms with Gasteiger partial charge in [-0.15, -0.1) is 0 Å². The van der Waals surface area contributed by atoms with Gasteiger partial charge in [0.15, 0.2) is 0 Å². The second kappa shape index (κ2) is 8.41. The van der Waals surface area contributed by atoms with Gasteiger partial charge in [0, 0.05) is 0 Å². The average molecular weight is 414 g/mol. The monoisotopic (exact) mass is 413 g/mol. The molecule has 0 radical (unpaired) electrons. The first-order valence-corrected chi connectivity index (χ1v) is 10.2. The molecule has 1 atom stereocenters. The van der Waals surface area contributed by atoms with Crippen molar-refractivity contribution >= 4 is 23.2 Å². The quantitative estimate of drug-likeness (QED) is 0.642. The summed E-state index contributed by atoms with van der Waals surface area (Å²) in [6.07, 6.45) is 0. The van der Waals surface area contributed by atoms with E-state index in [1.165, 1.54) is 11.1 Å². The van der Waals surface area contributed by atoms with Crippen LogP contribution >= 0.6 is 11.6 Å². The SMILES string of the molecule is Cc1ccccc1Cn1nc(C)c(NC(=O)C(C)Cn2nc(C)c(Cl)c2C)c1C. The smallest absolute Gasteiger partial charge is 0.229 e. The van der Waals surface area contributed by atoms with E-state index in [9.17, 15) is 4.79 Å². The van der Waals surface area contributed by atoms with E-state index in [0.717, 1.165) is 28.5 Å². The third-order valence-corrected chi connectivity index (χ3v) is 5.95. The van der Waals surface area contributed by atoms with Gasteiger partial charge >= 0.3 is 0 Å². The molecule has 2 heterocycles. The van der Waals surface area contributed by atoms with Gasteiger partial charge in [-0.25, -0.2) is 0 Å². The minimum atomic E-state index is -0.261. The minimum Gasteiger partial charge on any atom is -0.323 e. The van der Waals surface area contributed by atoms with Gasteiger partial charge in [-0.1, -0.05) is 42.8 Å². The maximum atomic E-state index is 12.8. The fourth-order valence-corrected chi connectivity index (χ4v) is 3.56. The van der Waals surface area contributed by atoms with E-state index in [1.807, 2.05) is 51.4 Å². The van der Waals surface area contributed by atoms with Gasteiger partial charge < -0.3 is 5.32 Å². The van der Waals surface area contributed by atoms with Gasteiger partial charge in [-0.05, 0) is 45.7 Å². The predicted octanol–water partition coefficient (Wildman–Crippen LogP) is 4.60. The van der Waals surface area contributed by atoms with Gasteiger partial charge in [-0.3, -0.25) is 14.2 Å². The lowest BCUT2D eigenvalue weighted by Crippen LogP contribution is -2.25. The molecule has 0 fully saturated rings.